The fraction of sp³-hybridized carbons (Fsp3) is 0.273. The minimum Gasteiger partial charge on any atom is -0.338 e. The van der Waals surface area contributed by atoms with E-state index in [9.17, 15) is 0 Å². The quantitative estimate of drug-likeness (QED) is 0.297. The maximum Gasteiger partial charge on any atom is 0.239 e. The number of aryl methyl sites for hydroxylation is 2. The summed E-state index contributed by atoms with van der Waals surface area (Å²) in [6, 6.07) is 18.6. The molecule has 4 aromatic rings. The molecular weight excluding hydrogens is 462 g/mol. The van der Waals surface area contributed by atoms with Gasteiger partial charge in [-0.3, -0.25) is 0 Å². The molecule has 154 valence electrons. The Kier molecular flexibility index (Phi) is 6.64. The topological polar surface area (TPSA) is 69.6 Å². The van der Waals surface area contributed by atoms with Gasteiger partial charge in [-0.1, -0.05) is 82.2 Å². The van der Waals surface area contributed by atoms with Gasteiger partial charge in [0.1, 0.15) is 0 Å². The van der Waals surface area contributed by atoms with E-state index >= 15 is 0 Å². The molecule has 0 saturated carbocycles. The average Bonchev–Trinajstić information content (AvgIpc) is 3.41. The van der Waals surface area contributed by atoms with E-state index in [4.69, 9.17) is 4.52 Å². The van der Waals surface area contributed by atoms with Crippen molar-refractivity contribution in [2.24, 2.45) is 0 Å². The number of rotatable bonds is 8. The van der Waals surface area contributed by atoms with E-state index in [0.717, 1.165) is 46.2 Å². The number of hydrogen-bond acceptors (Lipinski definition) is 6. The first-order valence-corrected chi connectivity index (χ1v) is 11.5. The lowest BCUT2D eigenvalue weighted by atomic mass is 10.1. The lowest BCUT2D eigenvalue weighted by Gasteiger charge is -2.12. The summed E-state index contributed by atoms with van der Waals surface area (Å²) in [4.78, 5) is 4.46. The molecule has 0 radical (unpaired) electrons. The molecule has 2 aromatic heterocycles. The van der Waals surface area contributed by atoms with E-state index < -0.39 is 0 Å². The van der Waals surface area contributed by atoms with Gasteiger partial charge in [0.2, 0.25) is 5.89 Å². The van der Waals surface area contributed by atoms with Crippen LogP contribution in [0.5, 0.6) is 0 Å². The van der Waals surface area contributed by atoms with E-state index in [1.165, 1.54) is 5.56 Å². The summed E-state index contributed by atoms with van der Waals surface area (Å²) >= 11 is 5.08. The van der Waals surface area contributed by atoms with E-state index in [0.29, 0.717) is 5.89 Å². The molecule has 0 spiro atoms. The highest BCUT2D eigenvalue weighted by atomic mass is 79.9. The number of halogens is 1. The standard InChI is InChI=1S/C22H22BrN5OS/c1-3-19-24-21(29-27-19)15(2)30-22-26-25-20(17-9-11-18(23)12-10-17)28(22)14-13-16-7-5-4-6-8-16/h4-12,15H,3,13-14H2,1-2H3/t15-/m0/s1. The van der Waals surface area contributed by atoms with Crippen LogP contribution in [0.3, 0.4) is 0 Å². The van der Waals surface area contributed by atoms with Crippen molar-refractivity contribution in [3.05, 3.63) is 76.3 Å². The number of benzene rings is 2. The van der Waals surface area contributed by atoms with Crippen LogP contribution in [0.1, 0.15) is 36.4 Å². The van der Waals surface area contributed by atoms with Crippen LogP contribution >= 0.6 is 27.7 Å². The second-order valence-corrected chi connectivity index (χ2v) is 9.09. The summed E-state index contributed by atoms with van der Waals surface area (Å²) in [6.07, 6.45) is 1.65. The molecule has 0 fully saturated rings. The second kappa shape index (κ2) is 9.57. The molecule has 0 aliphatic carbocycles. The van der Waals surface area contributed by atoms with Crippen LogP contribution in [0.15, 0.2) is 68.7 Å². The van der Waals surface area contributed by atoms with Crippen molar-refractivity contribution >= 4 is 27.7 Å². The lowest BCUT2D eigenvalue weighted by molar-refractivity contribution is 0.375. The molecule has 4 rings (SSSR count). The summed E-state index contributed by atoms with van der Waals surface area (Å²) in [7, 11) is 0. The van der Waals surface area contributed by atoms with Crippen molar-refractivity contribution in [2.45, 2.75) is 43.6 Å². The molecule has 0 N–H and O–H groups in total. The maximum absolute atomic E-state index is 5.42. The van der Waals surface area contributed by atoms with Gasteiger partial charge in [0.05, 0.1) is 5.25 Å². The lowest BCUT2D eigenvalue weighted by Crippen LogP contribution is -2.06. The Labute approximate surface area is 188 Å². The van der Waals surface area contributed by atoms with Crippen LogP contribution in [0.4, 0.5) is 0 Å². The number of aromatic nitrogens is 5. The number of hydrogen-bond donors (Lipinski definition) is 0. The molecule has 2 heterocycles. The molecule has 1 atom stereocenters. The minimum absolute atomic E-state index is 0.0183. The Morgan fingerprint density at radius 3 is 2.53 bits per heavy atom. The van der Waals surface area contributed by atoms with Crippen molar-refractivity contribution in [1.29, 1.82) is 0 Å². The zero-order chi connectivity index (χ0) is 20.9. The minimum atomic E-state index is -0.0183. The van der Waals surface area contributed by atoms with E-state index in [-0.39, 0.29) is 5.25 Å². The molecule has 2 aromatic carbocycles. The number of nitrogens with zero attached hydrogens (tertiary/aromatic N) is 5. The average molecular weight is 484 g/mol. The second-order valence-electron chi connectivity index (χ2n) is 6.86. The third-order valence-corrected chi connectivity index (χ3v) is 6.31. The molecule has 0 aliphatic rings. The molecular formula is C22H22BrN5OS. The SMILES string of the molecule is CCc1noc([C@H](C)Sc2nnc(-c3ccc(Br)cc3)n2CCc2ccccc2)n1. The smallest absolute Gasteiger partial charge is 0.239 e. The third-order valence-electron chi connectivity index (χ3n) is 4.72. The van der Waals surface area contributed by atoms with Crippen LogP contribution in [0, 0.1) is 0 Å². The Morgan fingerprint density at radius 2 is 1.83 bits per heavy atom. The third kappa shape index (κ3) is 4.82. The first-order valence-electron chi connectivity index (χ1n) is 9.86. The van der Waals surface area contributed by atoms with Crippen LogP contribution < -0.4 is 0 Å². The van der Waals surface area contributed by atoms with Gasteiger partial charge < -0.3 is 9.09 Å². The van der Waals surface area contributed by atoms with E-state index in [1.807, 2.05) is 32.0 Å². The predicted octanol–water partition coefficient (Wildman–Crippen LogP) is 5.75. The molecule has 0 amide bonds. The summed E-state index contributed by atoms with van der Waals surface area (Å²) in [6.45, 7) is 4.84. The van der Waals surface area contributed by atoms with Gasteiger partial charge in [0, 0.05) is 23.0 Å². The first kappa shape index (κ1) is 20.8. The van der Waals surface area contributed by atoms with Crippen LogP contribution in [0.25, 0.3) is 11.4 Å². The van der Waals surface area contributed by atoms with Gasteiger partial charge in [-0.15, -0.1) is 10.2 Å². The fourth-order valence-electron chi connectivity index (χ4n) is 3.06. The first-order chi connectivity index (χ1) is 14.6. The summed E-state index contributed by atoms with van der Waals surface area (Å²) < 4.78 is 8.63. The number of thioether (sulfide) groups is 1. The highest BCUT2D eigenvalue weighted by Gasteiger charge is 2.21. The highest BCUT2D eigenvalue weighted by molar-refractivity contribution is 9.10. The van der Waals surface area contributed by atoms with E-state index in [1.54, 1.807) is 11.8 Å². The molecule has 0 unspecified atom stereocenters. The largest absolute Gasteiger partial charge is 0.338 e. The summed E-state index contributed by atoms with van der Waals surface area (Å²) in [5, 5.41) is 13.8. The van der Waals surface area contributed by atoms with Crippen molar-refractivity contribution in [3.8, 4) is 11.4 Å². The normalized spacial score (nSPS) is 12.2. The van der Waals surface area contributed by atoms with Crippen molar-refractivity contribution in [2.75, 3.05) is 0 Å². The molecule has 30 heavy (non-hydrogen) atoms. The molecule has 6 nitrogen and oxygen atoms in total. The Balaban J connectivity index is 1.62. The zero-order valence-electron chi connectivity index (χ0n) is 16.8. The summed E-state index contributed by atoms with van der Waals surface area (Å²) in [5.41, 5.74) is 2.31. The van der Waals surface area contributed by atoms with Crippen molar-refractivity contribution in [1.82, 2.24) is 24.9 Å². The van der Waals surface area contributed by atoms with Crippen LogP contribution in [-0.4, -0.2) is 24.9 Å². The van der Waals surface area contributed by atoms with Gasteiger partial charge in [-0.05, 0) is 31.0 Å². The Hall–Kier alpha value is -2.45. The van der Waals surface area contributed by atoms with Crippen molar-refractivity contribution in [3.63, 3.8) is 0 Å². The molecule has 0 aliphatic heterocycles. The van der Waals surface area contributed by atoms with Gasteiger partial charge in [0.25, 0.3) is 0 Å². The zero-order valence-corrected chi connectivity index (χ0v) is 19.2. The molecule has 0 bridgehead atoms. The van der Waals surface area contributed by atoms with Gasteiger partial charge in [-0.25, -0.2) is 0 Å². The van der Waals surface area contributed by atoms with Crippen LogP contribution in [0.2, 0.25) is 0 Å². The Bertz CT molecular complexity index is 1090. The summed E-state index contributed by atoms with van der Waals surface area (Å²) in [5.74, 6) is 2.19. The predicted molar refractivity (Wildman–Crippen MR) is 121 cm³/mol. The van der Waals surface area contributed by atoms with Gasteiger partial charge in [0.15, 0.2) is 16.8 Å². The van der Waals surface area contributed by atoms with Crippen LogP contribution in [-0.2, 0) is 19.4 Å². The Morgan fingerprint density at radius 1 is 1.07 bits per heavy atom. The molecule has 0 saturated heterocycles. The maximum atomic E-state index is 5.42. The highest BCUT2D eigenvalue weighted by Crippen LogP contribution is 2.35. The monoisotopic (exact) mass is 483 g/mol. The van der Waals surface area contributed by atoms with Gasteiger partial charge >= 0.3 is 0 Å². The fourth-order valence-corrected chi connectivity index (χ4v) is 4.23. The molecule has 8 heteroatoms. The van der Waals surface area contributed by atoms with Gasteiger partial charge in [-0.2, -0.15) is 4.98 Å². The van der Waals surface area contributed by atoms with Crippen molar-refractivity contribution < 1.29 is 4.52 Å². The van der Waals surface area contributed by atoms with E-state index in [2.05, 4.69) is 77.2 Å².